The lowest BCUT2D eigenvalue weighted by Gasteiger charge is -2.25. The summed E-state index contributed by atoms with van der Waals surface area (Å²) in [5.41, 5.74) is 0. The van der Waals surface area contributed by atoms with E-state index in [1.165, 1.54) is 19.3 Å². The van der Waals surface area contributed by atoms with Crippen LogP contribution in [0, 0.1) is 0 Å². The first-order valence-electron chi connectivity index (χ1n) is 8.51. The number of aliphatic hydroxyl groups is 1. The molecule has 22 heavy (non-hydrogen) atoms. The Morgan fingerprint density at radius 1 is 1.14 bits per heavy atom. The number of rotatable bonds is 6. The zero-order valence-electron chi connectivity index (χ0n) is 13.3. The lowest BCUT2D eigenvalue weighted by molar-refractivity contribution is 0.0716. The van der Waals surface area contributed by atoms with E-state index in [9.17, 15) is 5.11 Å². The SMILES string of the molecule is O[C@H](CN1CCCN(C[C@H]2CCCO2)CC1)Cn1cccn1. The van der Waals surface area contributed by atoms with Gasteiger partial charge in [0, 0.05) is 45.2 Å². The zero-order chi connectivity index (χ0) is 15.2. The number of hydrogen-bond donors (Lipinski definition) is 1. The second-order valence-corrected chi connectivity index (χ2v) is 6.47. The van der Waals surface area contributed by atoms with Crippen molar-refractivity contribution in [1.29, 1.82) is 0 Å². The Hall–Kier alpha value is -0.950. The van der Waals surface area contributed by atoms with Gasteiger partial charge in [-0.3, -0.25) is 14.5 Å². The fraction of sp³-hybridized carbons (Fsp3) is 0.812. The van der Waals surface area contributed by atoms with Crippen LogP contribution in [0.3, 0.4) is 0 Å². The molecule has 2 saturated heterocycles. The maximum absolute atomic E-state index is 10.2. The summed E-state index contributed by atoms with van der Waals surface area (Å²) in [4.78, 5) is 4.90. The summed E-state index contributed by atoms with van der Waals surface area (Å²) < 4.78 is 7.54. The van der Waals surface area contributed by atoms with Crippen molar-refractivity contribution in [3.05, 3.63) is 18.5 Å². The van der Waals surface area contributed by atoms with Crippen LogP contribution >= 0.6 is 0 Å². The average molecular weight is 308 g/mol. The van der Waals surface area contributed by atoms with Gasteiger partial charge in [0.25, 0.3) is 0 Å². The van der Waals surface area contributed by atoms with E-state index in [-0.39, 0.29) is 6.10 Å². The van der Waals surface area contributed by atoms with Crippen molar-refractivity contribution >= 4 is 0 Å². The lowest BCUT2D eigenvalue weighted by atomic mass is 10.2. The molecule has 0 bridgehead atoms. The Kier molecular flexibility index (Phi) is 5.83. The quantitative estimate of drug-likeness (QED) is 0.826. The van der Waals surface area contributed by atoms with E-state index >= 15 is 0 Å². The van der Waals surface area contributed by atoms with Gasteiger partial charge < -0.3 is 9.84 Å². The summed E-state index contributed by atoms with van der Waals surface area (Å²) in [5, 5.41) is 14.4. The maximum atomic E-state index is 10.2. The van der Waals surface area contributed by atoms with Crippen LogP contribution in [0.2, 0.25) is 0 Å². The molecule has 2 atom stereocenters. The number of nitrogens with zero attached hydrogens (tertiary/aromatic N) is 4. The number of aromatic nitrogens is 2. The van der Waals surface area contributed by atoms with E-state index in [1.54, 1.807) is 10.9 Å². The highest BCUT2D eigenvalue weighted by molar-refractivity contribution is 4.80. The molecule has 6 heteroatoms. The Labute approximate surface area is 132 Å². The van der Waals surface area contributed by atoms with Crippen LogP contribution in [0.15, 0.2) is 18.5 Å². The summed E-state index contributed by atoms with van der Waals surface area (Å²) in [6, 6.07) is 1.89. The first-order chi connectivity index (χ1) is 10.8. The van der Waals surface area contributed by atoms with Crippen LogP contribution in [0.25, 0.3) is 0 Å². The molecule has 0 spiro atoms. The van der Waals surface area contributed by atoms with Crippen LogP contribution in [0.4, 0.5) is 0 Å². The predicted molar refractivity (Wildman–Crippen MR) is 84.7 cm³/mol. The smallest absolute Gasteiger partial charge is 0.0862 e. The van der Waals surface area contributed by atoms with Crippen molar-refractivity contribution in [2.24, 2.45) is 0 Å². The topological polar surface area (TPSA) is 53.8 Å². The van der Waals surface area contributed by atoms with Gasteiger partial charge in [-0.05, 0) is 38.4 Å². The molecule has 2 aliphatic heterocycles. The summed E-state index contributed by atoms with van der Waals surface area (Å²) in [5.74, 6) is 0. The largest absolute Gasteiger partial charge is 0.390 e. The standard InChI is InChI=1S/C16H28N4O2/c21-15(13-20-8-2-5-17-20)12-18-6-3-7-19(10-9-18)14-16-4-1-11-22-16/h2,5,8,15-16,21H,1,3-4,6-7,9-14H2/t15-,16-/m1/s1. The molecule has 0 unspecified atom stereocenters. The molecular formula is C16H28N4O2. The van der Waals surface area contributed by atoms with E-state index < -0.39 is 0 Å². The monoisotopic (exact) mass is 308 g/mol. The number of aliphatic hydroxyl groups excluding tert-OH is 1. The van der Waals surface area contributed by atoms with E-state index in [0.717, 1.165) is 45.9 Å². The third-order valence-corrected chi connectivity index (χ3v) is 4.59. The van der Waals surface area contributed by atoms with Gasteiger partial charge in [-0.25, -0.2) is 0 Å². The zero-order valence-corrected chi connectivity index (χ0v) is 13.3. The van der Waals surface area contributed by atoms with Crippen LogP contribution in [0.5, 0.6) is 0 Å². The molecule has 0 aromatic carbocycles. The average Bonchev–Trinajstić information content (AvgIpc) is 3.13. The van der Waals surface area contributed by atoms with Gasteiger partial charge in [-0.2, -0.15) is 5.10 Å². The Bertz CT molecular complexity index is 420. The highest BCUT2D eigenvalue weighted by Crippen LogP contribution is 2.14. The molecule has 6 nitrogen and oxygen atoms in total. The molecule has 2 fully saturated rings. The number of hydrogen-bond acceptors (Lipinski definition) is 5. The van der Waals surface area contributed by atoms with Gasteiger partial charge in [0.05, 0.1) is 18.8 Å². The minimum atomic E-state index is -0.357. The van der Waals surface area contributed by atoms with E-state index in [2.05, 4.69) is 14.9 Å². The summed E-state index contributed by atoms with van der Waals surface area (Å²) in [7, 11) is 0. The van der Waals surface area contributed by atoms with Crippen LogP contribution < -0.4 is 0 Å². The van der Waals surface area contributed by atoms with Crippen LogP contribution in [-0.4, -0.2) is 82.8 Å². The molecule has 0 saturated carbocycles. The molecule has 0 amide bonds. The molecule has 1 N–H and O–H groups in total. The van der Waals surface area contributed by atoms with Gasteiger partial charge in [0.1, 0.15) is 0 Å². The summed E-state index contributed by atoms with van der Waals surface area (Å²) in [6.45, 7) is 7.63. The molecule has 3 heterocycles. The number of ether oxygens (including phenoxy) is 1. The third kappa shape index (κ3) is 4.78. The minimum Gasteiger partial charge on any atom is -0.390 e. The third-order valence-electron chi connectivity index (χ3n) is 4.59. The molecular weight excluding hydrogens is 280 g/mol. The molecule has 2 aliphatic rings. The minimum absolute atomic E-state index is 0.357. The van der Waals surface area contributed by atoms with Crippen molar-refractivity contribution in [2.75, 3.05) is 45.9 Å². The second kappa shape index (κ2) is 8.06. The van der Waals surface area contributed by atoms with Gasteiger partial charge in [0.2, 0.25) is 0 Å². The fourth-order valence-electron chi connectivity index (χ4n) is 3.45. The molecule has 124 valence electrons. The highest BCUT2D eigenvalue weighted by atomic mass is 16.5. The van der Waals surface area contributed by atoms with E-state index in [1.807, 2.05) is 12.3 Å². The second-order valence-electron chi connectivity index (χ2n) is 6.47. The van der Waals surface area contributed by atoms with Crippen molar-refractivity contribution in [1.82, 2.24) is 19.6 Å². The Balaban J connectivity index is 1.39. The Morgan fingerprint density at radius 2 is 2.00 bits per heavy atom. The molecule has 3 rings (SSSR count). The first-order valence-corrected chi connectivity index (χ1v) is 8.51. The molecule has 1 aromatic rings. The summed E-state index contributed by atoms with van der Waals surface area (Å²) in [6.07, 6.45) is 7.33. The molecule has 0 radical (unpaired) electrons. The van der Waals surface area contributed by atoms with Gasteiger partial charge in [0.15, 0.2) is 0 Å². The van der Waals surface area contributed by atoms with Gasteiger partial charge in [-0.1, -0.05) is 0 Å². The van der Waals surface area contributed by atoms with Gasteiger partial charge in [-0.15, -0.1) is 0 Å². The number of β-amino-alcohol motifs (C(OH)–C–C–N with tert-alkyl or cyclic N) is 1. The van der Waals surface area contributed by atoms with Crippen molar-refractivity contribution < 1.29 is 9.84 Å². The first kappa shape index (κ1) is 15.9. The van der Waals surface area contributed by atoms with Crippen molar-refractivity contribution in [3.63, 3.8) is 0 Å². The highest BCUT2D eigenvalue weighted by Gasteiger charge is 2.22. The van der Waals surface area contributed by atoms with Crippen LogP contribution in [-0.2, 0) is 11.3 Å². The van der Waals surface area contributed by atoms with Crippen molar-refractivity contribution in [2.45, 2.75) is 38.0 Å². The summed E-state index contributed by atoms with van der Waals surface area (Å²) >= 11 is 0. The lowest BCUT2D eigenvalue weighted by Crippen LogP contribution is -2.38. The normalized spacial score (nSPS) is 26.1. The van der Waals surface area contributed by atoms with Gasteiger partial charge >= 0.3 is 0 Å². The fourth-order valence-corrected chi connectivity index (χ4v) is 3.45. The Morgan fingerprint density at radius 3 is 2.77 bits per heavy atom. The predicted octanol–water partition coefficient (Wildman–Crippen LogP) is 0.431. The van der Waals surface area contributed by atoms with Crippen LogP contribution in [0.1, 0.15) is 19.3 Å². The molecule has 1 aromatic heterocycles. The molecule has 0 aliphatic carbocycles. The van der Waals surface area contributed by atoms with E-state index in [0.29, 0.717) is 12.6 Å². The van der Waals surface area contributed by atoms with Crippen molar-refractivity contribution in [3.8, 4) is 0 Å². The van der Waals surface area contributed by atoms with E-state index in [4.69, 9.17) is 4.74 Å². The maximum Gasteiger partial charge on any atom is 0.0862 e.